The largest absolute Gasteiger partial charge is 0.462 e. The Labute approximate surface area is 149 Å². The Morgan fingerprint density at radius 3 is 2.78 bits per heavy atom. The van der Waals surface area contributed by atoms with E-state index in [0.717, 1.165) is 34.5 Å². The van der Waals surface area contributed by atoms with E-state index in [2.05, 4.69) is 14.9 Å². The Morgan fingerprint density at radius 1 is 1.39 bits per heavy atom. The standard InChI is InChI=1S/C15H20ClN3O2S2/c1-5-7-21-14(20)11-9(2)10-12(16)17-15(18-13(10)23-11)22-8-6-19(3)4/h5-8H2,1-4H3. The van der Waals surface area contributed by atoms with Crippen LogP contribution in [-0.4, -0.2) is 53.8 Å². The minimum atomic E-state index is -0.315. The summed E-state index contributed by atoms with van der Waals surface area (Å²) in [5, 5.41) is 1.78. The molecule has 0 N–H and O–H groups in total. The summed E-state index contributed by atoms with van der Waals surface area (Å²) in [6.45, 7) is 5.17. The number of hydrogen-bond acceptors (Lipinski definition) is 7. The maximum Gasteiger partial charge on any atom is 0.348 e. The Hall–Kier alpha value is -0.890. The van der Waals surface area contributed by atoms with E-state index in [-0.39, 0.29) is 5.97 Å². The van der Waals surface area contributed by atoms with Crippen molar-refractivity contribution in [2.45, 2.75) is 25.4 Å². The average Bonchev–Trinajstić information content (AvgIpc) is 2.82. The molecule has 0 atom stereocenters. The molecule has 0 aromatic carbocycles. The average molecular weight is 374 g/mol. The second-order valence-electron chi connectivity index (χ2n) is 5.32. The van der Waals surface area contributed by atoms with Crippen LogP contribution in [0.3, 0.4) is 0 Å². The molecule has 0 unspecified atom stereocenters. The molecule has 2 rings (SSSR count). The number of aromatic nitrogens is 2. The molecular formula is C15H20ClN3O2S2. The van der Waals surface area contributed by atoms with Gasteiger partial charge in [0, 0.05) is 12.3 Å². The second kappa shape index (κ2) is 8.28. The van der Waals surface area contributed by atoms with E-state index < -0.39 is 0 Å². The number of esters is 1. The van der Waals surface area contributed by atoms with Crippen LogP contribution in [0.15, 0.2) is 5.16 Å². The highest BCUT2D eigenvalue weighted by molar-refractivity contribution is 7.99. The fraction of sp³-hybridized carbons (Fsp3) is 0.533. The fourth-order valence-corrected chi connectivity index (χ4v) is 4.41. The van der Waals surface area contributed by atoms with Crippen molar-refractivity contribution in [1.29, 1.82) is 0 Å². The van der Waals surface area contributed by atoms with Gasteiger partial charge >= 0.3 is 5.97 Å². The van der Waals surface area contributed by atoms with Crippen LogP contribution in [0.5, 0.6) is 0 Å². The van der Waals surface area contributed by atoms with Crippen LogP contribution >= 0.6 is 34.7 Å². The van der Waals surface area contributed by atoms with E-state index in [1.807, 2.05) is 27.9 Å². The quantitative estimate of drug-likeness (QED) is 0.318. The molecular weight excluding hydrogens is 354 g/mol. The van der Waals surface area contributed by atoms with Crippen molar-refractivity contribution in [3.8, 4) is 0 Å². The molecule has 0 spiro atoms. The van der Waals surface area contributed by atoms with Crippen LogP contribution in [0.25, 0.3) is 10.2 Å². The monoisotopic (exact) mass is 373 g/mol. The molecule has 2 heterocycles. The molecule has 126 valence electrons. The lowest BCUT2D eigenvalue weighted by Gasteiger charge is -2.08. The van der Waals surface area contributed by atoms with Crippen LogP contribution < -0.4 is 0 Å². The lowest BCUT2D eigenvalue weighted by atomic mass is 10.2. The number of halogens is 1. The number of aryl methyl sites for hydroxylation is 1. The zero-order valence-corrected chi connectivity index (χ0v) is 16.1. The number of ether oxygens (including phenoxy) is 1. The first-order valence-electron chi connectivity index (χ1n) is 7.35. The summed E-state index contributed by atoms with van der Waals surface area (Å²) in [5.74, 6) is 0.565. The van der Waals surface area contributed by atoms with Gasteiger partial charge in [-0.1, -0.05) is 30.3 Å². The highest BCUT2D eigenvalue weighted by atomic mass is 35.5. The van der Waals surface area contributed by atoms with Crippen LogP contribution in [-0.2, 0) is 4.74 Å². The first kappa shape index (κ1) is 18.4. The Morgan fingerprint density at radius 2 is 2.13 bits per heavy atom. The highest BCUT2D eigenvalue weighted by Gasteiger charge is 2.20. The molecule has 2 aromatic heterocycles. The molecule has 0 radical (unpaired) electrons. The van der Waals surface area contributed by atoms with Crippen LogP contribution in [0.1, 0.15) is 28.6 Å². The smallest absolute Gasteiger partial charge is 0.348 e. The molecule has 0 aliphatic rings. The number of carbonyl (C=O) groups is 1. The summed E-state index contributed by atoms with van der Waals surface area (Å²) in [6.07, 6.45) is 0.795. The van der Waals surface area contributed by atoms with Crippen molar-refractivity contribution in [1.82, 2.24) is 14.9 Å². The molecule has 23 heavy (non-hydrogen) atoms. The maximum absolute atomic E-state index is 12.1. The molecule has 0 aliphatic carbocycles. The predicted molar refractivity (Wildman–Crippen MR) is 97.0 cm³/mol. The second-order valence-corrected chi connectivity index (χ2v) is 7.74. The van der Waals surface area contributed by atoms with Crippen molar-refractivity contribution in [3.05, 3.63) is 15.6 Å². The first-order chi connectivity index (χ1) is 10.9. The molecule has 0 amide bonds. The zero-order valence-electron chi connectivity index (χ0n) is 13.7. The van der Waals surface area contributed by atoms with E-state index in [1.54, 1.807) is 11.8 Å². The highest BCUT2D eigenvalue weighted by Crippen LogP contribution is 2.35. The number of rotatable bonds is 7. The normalized spacial score (nSPS) is 11.4. The van der Waals surface area contributed by atoms with Crippen LogP contribution in [0.2, 0.25) is 5.15 Å². The van der Waals surface area contributed by atoms with Crippen molar-refractivity contribution in [2.75, 3.05) is 33.0 Å². The third-order valence-electron chi connectivity index (χ3n) is 3.12. The molecule has 0 saturated carbocycles. The summed E-state index contributed by atoms with van der Waals surface area (Å²) >= 11 is 9.18. The van der Waals surface area contributed by atoms with Gasteiger partial charge in [0.25, 0.3) is 0 Å². The van der Waals surface area contributed by atoms with E-state index in [4.69, 9.17) is 16.3 Å². The third kappa shape index (κ3) is 4.56. The number of carbonyl (C=O) groups excluding carboxylic acids is 1. The minimum Gasteiger partial charge on any atom is -0.462 e. The minimum absolute atomic E-state index is 0.315. The number of thiophene rings is 1. The van der Waals surface area contributed by atoms with Crippen molar-refractivity contribution in [3.63, 3.8) is 0 Å². The Kier molecular flexibility index (Phi) is 6.64. The summed E-state index contributed by atoms with van der Waals surface area (Å²) in [4.78, 5) is 24.4. The molecule has 2 aromatic rings. The van der Waals surface area contributed by atoms with Crippen LogP contribution in [0.4, 0.5) is 0 Å². The Bertz CT molecular complexity index is 704. The lowest BCUT2D eigenvalue weighted by Crippen LogP contribution is -2.14. The number of thioether (sulfide) groups is 1. The van der Waals surface area contributed by atoms with Crippen molar-refractivity contribution in [2.24, 2.45) is 0 Å². The maximum atomic E-state index is 12.1. The van der Waals surface area contributed by atoms with Gasteiger partial charge in [-0.05, 0) is 33.0 Å². The summed E-state index contributed by atoms with van der Waals surface area (Å²) < 4.78 is 5.22. The van der Waals surface area contributed by atoms with E-state index in [9.17, 15) is 4.79 Å². The Balaban J connectivity index is 2.28. The summed E-state index contributed by atoms with van der Waals surface area (Å²) in [5.41, 5.74) is 0.793. The van der Waals surface area contributed by atoms with Gasteiger partial charge in [0.15, 0.2) is 5.16 Å². The predicted octanol–water partition coefficient (Wildman–Crippen LogP) is 3.87. The number of hydrogen-bond donors (Lipinski definition) is 0. The van der Waals surface area contributed by atoms with E-state index >= 15 is 0 Å². The van der Waals surface area contributed by atoms with Gasteiger partial charge in [0.05, 0.1) is 12.0 Å². The lowest BCUT2D eigenvalue weighted by molar-refractivity contribution is 0.0510. The summed E-state index contributed by atoms with van der Waals surface area (Å²) in [7, 11) is 4.04. The molecule has 0 saturated heterocycles. The third-order valence-corrected chi connectivity index (χ3v) is 5.38. The molecule has 0 fully saturated rings. The SMILES string of the molecule is CCCOC(=O)c1sc2nc(SCCN(C)C)nc(Cl)c2c1C. The van der Waals surface area contributed by atoms with Crippen LogP contribution in [0, 0.1) is 6.92 Å². The van der Waals surface area contributed by atoms with Crippen molar-refractivity contribution >= 4 is 50.9 Å². The fourth-order valence-electron chi connectivity index (χ4n) is 1.91. The van der Waals surface area contributed by atoms with E-state index in [1.165, 1.54) is 11.3 Å². The number of nitrogens with zero attached hydrogens (tertiary/aromatic N) is 3. The molecule has 5 nitrogen and oxygen atoms in total. The van der Waals surface area contributed by atoms with E-state index in [0.29, 0.717) is 21.8 Å². The van der Waals surface area contributed by atoms with Gasteiger partial charge < -0.3 is 9.64 Å². The van der Waals surface area contributed by atoms with Gasteiger partial charge in [-0.15, -0.1) is 11.3 Å². The molecule has 8 heteroatoms. The zero-order chi connectivity index (χ0) is 17.0. The van der Waals surface area contributed by atoms with Crippen molar-refractivity contribution < 1.29 is 9.53 Å². The van der Waals surface area contributed by atoms with Gasteiger partial charge in [0.1, 0.15) is 14.9 Å². The first-order valence-corrected chi connectivity index (χ1v) is 9.53. The van der Waals surface area contributed by atoms with Gasteiger partial charge in [0.2, 0.25) is 0 Å². The number of fused-ring (bicyclic) bond motifs is 1. The molecule has 0 aliphatic heterocycles. The van der Waals surface area contributed by atoms with Gasteiger partial charge in [-0.25, -0.2) is 14.8 Å². The van der Waals surface area contributed by atoms with Gasteiger partial charge in [-0.3, -0.25) is 0 Å². The molecule has 0 bridgehead atoms. The topological polar surface area (TPSA) is 55.3 Å². The summed E-state index contributed by atoms with van der Waals surface area (Å²) in [6, 6.07) is 0. The van der Waals surface area contributed by atoms with Gasteiger partial charge in [-0.2, -0.15) is 0 Å².